The third-order valence-electron chi connectivity index (χ3n) is 4.69. The van der Waals surface area contributed by atoms with E-state index in [9.17, 15) is 4.79 Å². The van der Waals surface area contributed by atoms with Crippen molar-refractivity contribution in [3.8, 4) is 22.8 Å². The average Bonchev–Trinajstić information content (AvgIpc) is 3.20. The maximum Gasteiger partial charge on any atom is 0.344 e. The summed E-state index contributed by atoms with van der Waals surface area (Å²) >= 11 is 12.2. The Kier molecular flexibility index (Phi) is 5.88. The third kappa shape index (κ3) is 4.25. The first kappa shape index (κ1) is 20.2. The zero-order valence-corrected chi connectivity index (χ0v) is 17.7. The van der Waals surface area contributed by atoms with E-state index in [0.29, 0.717) is 27.0 Å². The molecule has 1 heterocycles. The van der Waals surface area contributed by atoms with Crippen LogP contribution >= 0.6 is 23.2 Å². The number of hydrogen-bond donors (Lipinski definition) is 0. The molecule has 0 amide bonds. The number of ether oxygens (including phenoxy) is 1. The molecule has 4 nitrogen and oxygen atoms in total. The minimum absolute atomic E-state index is 0.289. The van der Waals surface area contributed by atoms with Crippen molar-refractivity contribution in [1.82, 2.24) is 9.78 Å². The normalized spacial score (nSPS) is 10.8. The standard InChI is InChI=1S/C24H18Cl2N2O2/c1-2-16-8-10-18(11-9-16)24(29)30-23-15-22(17-6-4-3-5-7-17)27-28(23)19-12-13-20(25)21(26)14-19/h3-15H,2H2,1H3. The molecule has 0 radical (unpaired) electrons. The van der Waals surface area contributed by atoms with Crippen molar-refractivity contribution in [1.29, 1.82) is 0 Å². The topological polar surface area (TPSA) is 44.1 Å². The maximum atomic E-state index is 12.8. The second-order valence-electron chi connectivity index (χ2n) is 6.68. The average molecular weight is 437 g/mol. The predicted molar refractivity (Wildman–Crippen MR) is 120 cm³/mol. The maximum absolute atomic E-state index is 12.8. The zero-order chi connectivity index (χ0) is 21.1. The summed E-state index contributed by atoms with van der Waals surface area (Å²) in [5, 5.41) is 5.46. The van der Waals surface area contributed by atoms with Crippen molar-refractivity contribution in [3.05, 3.63) is 100 Å². The molecule has 150 valence electrons. The Morgan fingerprint density at radius 2 is 1.67 bits per heavy atom. The van der Waals surface area contributed by atoms with E-state index in [1.807, 2.05) is 42.5 Å². The first-order chi connectivity index (χ1) is 14.5. The molecule has 4 rings (SSSR count). The second kappa shape index (κ2) is 8.74. The van der Waals surface area contributed by atoms with Crippen LogP contribution in [-0.2, 0) is 6.42 Å². The van der Waals surface area contributed by atoms with Gasteiger partial charge in [0.15, 0.2) is 0 Å². The number of esters is 1. The van der Waals surface area contributed by atoms with Gasteiger partial charge >= 0.3 is 5.97 Å². The summed E-state index contributed by atoms with van der Waals surface area (Å²) in [7, 11) is 0. The second-order valence-corrected chi connectivity index (χ2v) is 7.50. The molecule has 0 atom stereocenters. The van der Waals surface area contributed by atoms with E-state index in [-0.39, 0.29) is 5.88 Å². The van der Waals surface area contributed by atoms with Crippen molar-refractivity contribution in [2.75, 3.05) is 0 Å². The van der Waals surface area contributed by atoms with Crippen LogP contribution in [0, 0.1) is 0 Å². The van der Waals surface area contributed by atoms with Gasteiger partial charge in [-0.15, -0.1) is 0 Å². The van der Waals surface area contributed by atoms with Gasteiger partial charge in [-0.1, -0.05) is 72.6 Å². The lowest BCUT2D eigenvalue weighted by atomic mass is 10.1. The lowest BCUT2D eigenvalue weighted by Gasteiger charge is -2.09. The van der Waals surface area contributed by atoms with Crippen molar-refractivity contribution >= 4 is 29.2 Å². The Balaban J connectivity index is 1.73. The number of halogens is 2. The Bertz CT molecular complexity index is 1190. The molecular formula is C24H18Cl2N2O2. The van der Waals surface area contributed by atoms with Crippen LogP contribution in [0.4, 0.5) is 0 Å². The monoisotopic (exact) mass is 436 g/mol. The molecule has 0 aliphatic heterocycles. The Morgan fingerprint density at radius 3 is 2.33 bits per heavy atom. The number of rotatable bonds is 5. The molecular weight excluding hydrogens is 419 g/mol. The van der Waals surface area contributed by atoms with Crippen molar-refractivity contribution in [2.24, 2.45) is 0 Å². The largest absolute Gasteiger partial charge is 0.404 e. The van der Waals surface area contributed by atoms with E-state index in [1.54, 1.807) is 41.1 Å². The van der Waals surface area contributed by atoms with Crippen molar-refractivity contribution in [2.45, 2.75) is 13.3 Å². The summed E-state index contributed by atoms with van der Waals surface area (Å²) in [6.45, 7) is 2.06. The molecule has 0 N–H and O–H groups in total. The lowest BCUT2D eigenvalue weighted by molar-refractivity contribution is 0.0723. The zero-order valence-electron chi connectivity index (χ0n) is 16.2. The number of aromatic nitrogens is 2. The number of carbonyl (C=O) groups is 1. The van der Waals surface area contributed by atoms with Crippen LogP contribution in [0.5, 0.6) is 5.88 Å². The molecule has 0 bridgehead atoms. The highest BCUT2D eigenvalue weighted by Crippen LogP contribution is 2.30. The van der Waals surface area contributed by atoms with Crippen LogP contribution in [0.25, 0.3) is 16.9 Å². The van der Waals surface area contributed by atoms with Gasteiger partial charge in [-0.05, 0) is 42.3 Å². The molecule has 6 heteroatoms. The molecule has 0 saturated carbocycles. The van der Waals surface area contributed by atoms with Gasteiger partial charge < -0.3 is 4.74 Å². The van der Waals surface area contributed by atoms with Gasteiger partial charge in [0.25, 0.3) is 0 Å². The summed E-state index contributed by atoms with van der Waals surface area (Å²) in [6, 6.07) is 23.9. The molecule has 4 aromatic rings. The smallest absolute Gasteiger partial charge is 0.344 e. The van der Waals surface area contributed by atoms with Gasteiger partial charge in [-0.2, -0.15) is 9.78 Å². The molecule has 30 heavy (non-hydrogen) atoms. The van der Waals surface area contributed by atoms with Gasteiger partial charge in [0.1, 0.15) is 0 Å². The van der Waals surface area contributed by atoms with Crippen LogP contribution in [-0.4, -0.2) is 15.7 Å². The van der Waals surface area contributed by atoms with Crippen molar-refractivity contribution in [3.63, 3.8) is 0 Å². The van der Waals surface area contributed by atoms with E-state index in [4.69, 9.17) is 27.9 Å². The van der Waals surface area contributed by atoms with E-state index in [0.717, 1.165) is 17.5 Å². The minimum atomic E-state index is -0.460. The Morgan fingerprint density at radius 1 is 0.933 bits per heavy atom. The van der Waals surface area contributed by atoms with Crippen LogP contribution in [0.15, 0.2) is 78.9 Å². The van der Waals surface area contributed by atoms with Gasteiger partial charge in [-0.25, -0.2) is 4.79 Å². The van der Waals surface area contributed by atoms with Crippen molar-refractivity contribution < 1.29 is 9.53 Å². The summed E-state index contributed by atoms with van der Waals surface area (Å²) in [6.07, 6.45) is 0.903. The van der Waals surface area contributed by atoms with Gasteiger partial charge in [0.05, 0.1) is 27.0 Å². The quantitative estimate of drug-likeness (QED) is 0.329. The van der Waals surface area contributed by atoms with Gasteiger partial charge in [0, 0.05) is 11.6 Å². The van der Waals surface area contributed by atoms with E-state index in [1.165, 1.54) is 0 Å². The lowest BCUT2D eigenvalue weighted by Crippen LogP contribution is -2.11. The van der Waals surface area contributed by atoms with Gasteiger partial charge in [-0.3, -0.25) is 0 Å². The van der Waals surface area contributed by atoms with Crippen LogP contribution < -0.4 is 4.74 Å². The number of benzene rings is 3. The molecule has 0 aliphatic rings. The highest BCUT2D eigenvalue weighted by atomic mass is 35.5. The molecule has 3 aromatic carbocycles. The fraction of sp³-hybridized carbons (Fsp3) is 0.0833. The highest BCUT2D eigenvalue weighted by molar-refractivity contribution is 6.42. The van der Waals surface area contributed by atoms with E-state index in [2.05, 4.69) is 12.0 Å². The van der Waals surface area contributed by atoms with E-state index >= 15 is 0 Å². The molecule has 0 saturated heterocycles. The summed E-state index contributed by atoms with van der Waals surface area (Å²) < 4.78 is 7.26. The molecule has 0 aliphatic carbocycles. The first-order valence-corrected chi connectivity index (χ1v) is 10.2. The van der Waals surface area contributed by atoms with Crippen LogP contribution in [0.1, 0.15) is 22.8 Å². The predicted octanol–water partition coefficient (Wildman–Crippen LogP) is 6.63. The van der Waals surface area contributed by atoms with Gasteiger partial charge in [0.2, 0.25) is 5.88 Å². The fourth-order valence-corrected chi connectivity index (χ4v) is 3.31. The van der Waals surface area contributed by atoms with Crippen LogP contribution in [0.2, 0.25) is 10.0 Å². The van der Waals surface area contributed by atoms with Crippen LogP contribution in [0.3, 0.4) is 0 Å². The number of aryl methyl sites for hydroxylation is 1. The number of hydrogen-bond acceptors (Lipinski definition) is 3. The minimum Gasteiger partial charge on any atom is -0.404 e. The molecule has 0 fully saturated rings. The summed E-state index contributed by atoms with van der Waals surface area (Å²) in [5.41, 5.74) is 3.83. The summed E-state index contributed by atoms with van der Waals surface area (Å²) in [5.74, 6) is -0.171. The molecule has 1 aromatic heterocycles. The fourth-order valence-electron chi connectivity index (χ4n) is 3.02. The summed E-state index contributed by atoms with van der Waals surface area (Å²) in [4.78, 5) is 12.8. The Hall–Kier alpha value is -3.08. The first-order valence-electron chi connectivity index (χ1n) is 9.47. The molecule has 0 unspecified atom stereocenters. The third-order valence-corrected chi connectivity index (χ3v) is 5.43. The SMILES string of the molecule is CCc1ccc(C(=O)Oc2cc(-c3ccccc3)nn2-c2ccc(Cl)c(Cl)c2)cc1. The highest BCUT2D eigenvalue weighted by Gasteiger charge is 2.17. The number of carbonyl (C=O) groups excluding carboxylic acids is 1. The molecule has 0 spiro atoms. The number of nitrogens with zero attached hydrogens (tertiary/aromatic N) is 2. The Labute approximate surface area is 184 Å². The van der Waals surface area contributed by atoms with E-state index < -0.39 is 5.97 Å².